The Labute approximate surface area is 106 Å². The molecule has 1 aliphatic rings. The van der Waals surface area contributed by atoms with Gasteiger partial charge in [0, 0.05) is 12.1 Å². The fourth-order valence-electron chi connectivity index (χ4n) is 2.10. The van der Waals surface area contributed by atoms with Crippen LogP contribution in [0.2, 0.25) is 0 Å². The number of carbonyl (C=O) groups excluding carboxylic acids is 1. The SMILES string of the molecule is CC1(C)COCCN1Cc1occc1C(=O)NN. The van der Waals surface area contributed by atoms with Gasteiger partial charge in [-0.15, -0.1) is 0 Å². The molecule has 0 unspecified atom stereocenters. The number of hydrogen-bond donors (Lipinski definition) is 2. The van der Waals surface area contributed by atoms with Crippen molar-refractivity contribution in [3.05, 3.63) is 23.7 Å². The second kappa shape index (κ2) is 5.09. The van der Waals surface area contributed by atoms with Gasteiger partial charge in [-0.05, 0) is 19.9 Å². The molecule has 1 saturated heterocycles. The summed E-state index contributed by atoms with van der Waals surface area (Å²) in [6.07, 6.45) is 1.51. The van der Waals surface area contributed by atoms with E-state index in [4.69, 9.17) is 15.0 Å². The highest BCUT2D eigenvalue weighted by Gasteiger charge is 2.32. The summed E-state index contributed by atoms with van der Waals surface area (Å²) >= 11 is 0. The molecular weight excluding hydrogens is 234 g/mol. The molecule has 6 nitrogen and oxygen atoms in total. The number of carbonyl (C=O) groups is 1. The lowest BCUT2D eigenvalue weighted by molar-refractivity contribution is -0.0577. The standard InChI is InChI=1S/C12H19N3O3/c1-12(2)8-17-6-4-15(12)7-10-9(3-5-18-10)11(16)14-13/h3,5H,4,6-8,13H2,1-2H3,(H,14,16). The molecule has 1 aliphatic heterocycles. The third-order valence-electron chi connectivity index (χ3n) is 3.27. The van der Waals surface area contributed by atoms with Crippen LogP contribution in [0.15, 0.2) is 16.7 Å². The van der Waals surface area contributed by atoms with Crippen molar-refractivity contribution in [2.75, 3.05) is 19.8 Å². The van der Waals surface area contributed by atoms with Gasteiger partial charge in [-0.3, -0.25) is 15.1 Å². The maximum Gasteiger partial charge on any atom is 0.268 e. The minimum absolute atomic E-state index is 0.0680. The van der Waals surface area contributed by atoms with Crippen molar-refractivity contribution in [2.45, 2.75) is 25.9 Å². The summed E-state index contributed by atoms with van der Waals surface area (Å²) in [5, 5.41) is 0. The largest absolute Gasteiger partial charge is 0.467 e. The van der Waals surface area contributed by atoms with E-state index >= 15 is 0 Å². The molecule has 0 saturated carbocycles. The Morgan fingerprint density at radius 3 is 3.06 bits per heavy atom. The number of morpholine rings is 1. The molecule has 18 heavy (non-hydrogen) atoms. The Bertz CT molecular complexity index is 428. The Kier molecular flexibility index (Phi) is 3.70. The maximum atomic E-state index is 11.6. The van der Waals surface area contributed by atoms with Crippen LogP contribution in [-0.2, 0) is 11.3 Å². The monoisotopic (exact) mass is 253 g/mol. The number of furan rings is 1. The predicted molar refractivity (Wildman–Crippen MR) is 65.7 cm³/mol. The first-order chi connectivity index (χ1) is 8.54. The molecule has 0 atom stereocenters. The van der Waals surface area contributed by atoms with Gasteiger partial charge in [0.05, 0.1) is 31.6 Å². The summed E-state index contributed by atoms with van der Waals surface area (Å²) in [5.41, 5.74) is 2.54. The first-order valence-electron chi connectivity index (χ1n) is 5.95. The van der Waals surface area contributed by atoms with Gasteiger partial charge in [0.2, 0.25) is 0 Å². The van der Waals surface area contributed by atoms with Crippen LogP contribution < -0.4 is 11.3 Å². The lowest BCUT2D eigenvalue weighted by Gasteiger charge is -2.41. The zero-order chi connectivity index (χ0) is 13.2. The Morgan fingerprint density at radius 1 is 1.61 bits per heavy atom. The number of nitrogen functional groups attached to an aromatic ring is 1. The molecule has 0 bridgehead atoms. The van der Waals surface area contributed by atoms with Crippen molar-refractivity contribution in [1.82, 2.24) is 10.3 Å². The number of nitrogens with two attached hydrogens (primary N) is 1. The number of nitrogens with one attached hydrogen (secondary N) is 1. The highest BCUT2D eigenvalue weighted by molar-refractivity contribution is 5.94. The van der Waals surface area contributed by atoms with Crippen molar-refractivity contribution in [3.8, 4) is 0 Å². The number of amides is 1. The third-order valence-corrected chi connectivity index (χ3v) is 3.27. The van der Waals surface area contributed by atoms with Gasteiger partial charge in [0.1, 0.15) is 5.76 Å². The highest BCUT2D eigenvalue weighted by Crippen LogP contribution is 2.23. The van der Waals surface area contributed by atoms with Crippen LogP contribution in [0.25, 0.3) is 0 Å². The first kappa shape index (κ1) is 13.1. The smallest absolute Gasteiger partial charge is 0.268 e. The third kappa shape index (κ3) is 2.55. The second-order valence-corrected chi connectivity index (χ2v) is 5.02. The number of rotatable bonds is 3. The summed E-state index contributed by atoms with van der Waals surface area (Å²) in [6.45, 7) is 6.98. The molecule has 6 heteroatoms. The molecule has 0 radical (unpaired) electrons. The summed E-state index contributed by atoms with van der Waals surface area (Å²) in [7, 11) is 0. The van der Waals surface area contributed by atoms with Crippen molar-refractivity contribution in [1.29, 1.82) is 0 Å². The number of ether oxygens (including phenoxy) is 1. The van der Waals surface area contributed by atoms with Crippen LogP contribution in [0.4, 0.5) is 0 Å². The minimum atomic E-state index is -0.329. The molecule has 1 fully saturated rings. The highest BCUT2D eigenvalue weighted by atomic mass is 16.5. The van der Waals surface area contributed by atoms with Crippen LogP contribution in [-0.4, -0.2) is 36.1 Å². The zero-order valence-electron chi connectivity index (χ0n) is 10.7. The van der Waals surface area contributed by atoms with Crippen LogP contribution in [0.5, 0.6) is 0 Å². The molecule has 2 rings (SSSR count). The molecule has 0 aliphatic carbocycles. The summed E-state index contributed by atoms with van der Waals surface area (Å²) in [6, 6.07) is 1.63. The average Bonchev–Trinajstić information content (AvgIpc) is 2.79. The lowest BCUT2D eigenvalue weighted by atomic mass is 10.0. The van der Waals surface area contributed by atoms with E-state index in [1.165, 1.54) is 6.26 Å². The van der Waals surface area contributed by atoms with Crippen molar-refractivity contribution in [3.63, 3.8) is 0 Å². The zero-order valence-corrected chi connectivity index (χ0v) is 10.7. The molecule has 3 N–H and O–H groups in total. The van der Waals surface area contributed by atoms with Gasteiger partial charge in [-0.2, -0.15) is 0 Å². The molecule has 0 spiro atoms. The van der Waals surface area contributed by atoms with Crippen molar-refractivity contribution >= 4 is 5.91 Å². The van der Waals surface area contributed by atoms with E-state index in [2.05, 4.69) is 24.2 Å². The van der Waals surface area contributed by atoms with Crippen LogP contribution in [0.3, 0.4) is 0 Å². The van der Waals surface area contributed by atoms with Gasteiger partial charge in [-0.25, -0.2) is 5.84 Å². The van der Waals surface area contributed by atoms with Gasteiger partial charge >= 0.3 is 0 Å². The number of nitrogens with zero attached hydrogens (tertiary/aromatic N) is 1. The molecule has 100 valence electrons. The van der Waals surface area contributed by atoms with Crippen molar-refractivity contribution < 1.29 is 13.9 Å². The molecule has 2 heterocycles. The molecule has 0 aromatic carbocycles. The summed E-state index contributed by atoms with van der Waals surface area (Å²) < 4.78 is 10.8. The minimum Gasteiger partial charge on any atom is -0.467 e. The predicted octanol–water partition coefficient (Wildman–Crippen LogP) is 0.494. The second-order valence-electron chi connectivity index (χ2n) is 5.02. The molecular formula is C12H19N3O3. The number of hydrazine groups is 1. The first-order valence-corrected chi connectivity index (χ1v) is 5.95. The van der Waals surface area contributed by atoms with Gasteiger partial charge in [0.25, 0.3) is 5.91 Å². The summed E-state index contributed by atoms with van der Waals surface area (Å²) in [5.74, 6) is 5.45. The quantitative estimate of drug-likeness (QED) is 0.465. The number of hydrogen-bond acceptors (Lipinski definition) is 5. The Hall–Kier alpha value is -1.37. The van der Waals surface area contributed by atoms with E-state index in [1.54, 1.807) is 6.07 Å². The maximum absolute atomic E-state index is 11.6. The van der Waals surface area contributed by atoms with Gasteiger partial charge < -0.3 is 9.15 Å². The Balaban J connectivity index is 2.14. The summed E-state index contributed by atoms with van der Waals surface area (Å²) in [4.78, 5) is 13.8. The van der Waals surface area contributed by atoms with E-state index in [1.807, 2.05) is 0 Å². The fourth-order valence-corrected chi connectivity index (χ4v) is 2.10. The van der Waals surface area contributed by atoms with Crippen LogP contribution in [0, 0.1) is 0 Å². The van der Waals surface area contributed by atoms with Crippen LogP contribution in [0.1, 0.15) is 30.0 Å². The van der Waals surface area contributed by atoms with Crippen LogP contribution >= 0.6 is 0 Å². The molecule has 1 aromatic heterocycles. The van der Waals surface area contributed by atoms with E-state index in [0.29, 0.717) is 31.1 Å². The normalized spacial score (nSPS) is 19.7. The Morgan fingerprint density at radius 2 is 2.39 bits per heavy atom. The van der Waals surface area contributed by atoms with Gasteiger partial charge in [0.15, 0.2) is 0 Å². The molecule has 1 amide bonds. The fraction of sp³-hybridized carbons (Fsp3) is 0.583. The van der Waals surface area contributed by atoms with Gasteiger partial charge in [-0.1, -0.05) is 0 Å². The molecule has 1 aromatic rings. The van der Waals surface area contributed by atoms with E-state index in [-0.39, 0.29) is 11.4 Å². The van der Waals surface area contributed by atoms with E-state index in [0.717, 1.165) is 6.54 Å². The van der Waals surface area contributed by atoms with E-state index < -0.39 is 0 Å². The van der Waals surface area contributed by atoms with Crippen molar-refractivity contribution in [2.24, 2.45) is 5.84 Å². The lowest BCUT2D eigenvalue weighted by Crippen LogP contribution is -2.52. The van der Waals surface area contributed by atoms with E-state index in [9.17, 15) is 4.79 Å². The topological polar surface area (TPSA) is 80.7 Å². The average molecular weight is 253 g/mol.